The average molecular weight is 314 g/mol. The molecule has 1 atom stereocenters. The van der Waals surface area contributed by atoms with Crippen molar-refractivity contribution in [3.8, 4) is 0 Å². The molecule has 1 aromatic rings. The van der Waals surface area contributed by atoms with E-state index in [0.29, 0.717) is 13.2 Å². The van der Waals surface area contributed by atoms with Crippen LogP contribution in [0.3, 0.4) is 0 Å². The maximum atomic E-state index is 12.1. The van der Waals surface area contributed by atoms with E-state index in [1.807, 2.05) is 24.3 Å². The smallest absolute Gasteiger partial charge is 0.306 e. The number of carboxylic acids is 1. The molecule has 1 aliphatic heterocycles. The Labute approximate surface area is 112 Å². The molecule has 5 nitrogen and oxygen atoms in total. The van der Waals surface area contributed by atoms with Crippen LogP contribution in [0.2, 0.25) is 0 Å². The van der Waals surface area contributed by atoms with Crippen molar-refractivity contribution in [3.63, 3.8) is 0 Å². The van der Waals surface area contributed by atoms with Crippen LogP contribution in [-0.2, 0) is 14.3 Å². The quantitative estimate of drug-likeness (QED) is 0.921. The normalized spacial score (nSPS) is 19.9. The maximum absolute atomic E-state index is 12.1. The molecule has 1 saturated heterocycles. The van der Waals surface area contributed by atoms with Crippen LogP contribution in [-0.4, -0.2) is 36.2 Å². The van der Waals surface area contributed by atoms with Crippen molar-refractivity contribution < 1.29 is 19.4 Å². The second-order valence-electron chi connectivity index (χ2n) is 3.93. The third-order valence-electron chi connectivity index (χ3n) is 2.66. The van der Waals surface area contributed by atoms with E-state index < -0.39 is 12.1 Å². The lowest BCUT2D eigenvalue weighted by Gasteiger charge is -2.31. The van der Waals surface area contributed by atoms with Gasteiger partial charge in [0.15, 0.2) is 0 Å². The molecule has 0 aromatic heterocycles. The number of hydrogen-bond acceptors (Lipinski definition) is 3. The highest BCUT2D eigenvalue weighted by Gasteiger charge is 2.32. The zero-order chi connectivity index (χ0) is 13.1. The fraction of sp³-hybridized carbons (Fsp3) is 0.333. The summed E-state index contributed by atoms with van der Waals surface area (Å²) in [5.74, 6) is -1.34. The van der Waals surface area contributed by atoms with Gasteiger partial charge in [0, 0.05) is 16.7 Å². The monoisotopic (exact) mass is 313 g/mol. The number of nitrogens with zero attached hydrogens (tertiary/aromatic N) is 1. The highest BCUT2D eigenvalue weighted by Crippen LogP contribution is 2.23. The molecule has 1 aromatic carbocycles. The number of morpholine rings is 1. The van der Waals surface area contributed by atoms with Crippen LogP contribution < -0.4 is 4.90 Å². The van der Waals surface area contributed by atoms with E-state index in [2.05, 4.69) is 15.9 Å². The molecule has 0 radical (unpaired) electrons. The Balaban J connectivity index is 2.18. The molecule has 6 heteroatoms. The molecular formula is C12H12BrNO4. The van der Waals surface area contributed by atoms with E-state index in [4.69, 9.17) is 9.84 Å². The Bertz CT molecular complexity index is 477. The van der Waals surface area contributed by atoms with Crippen molar-refractivity contribution in [1.29, 1.82) is 0 Å². The topological polar surface area (TPSA) is 66.8 Å². The van der Waals surface area contributed by atoms with Gasteiger partial charge in [-0.15, -0.1) is 0 Å². The first kappa shape index (κ1) is 13.0. The van der Waals surface area contributed by atoms with E-state index in [1.165, 1.54) is 0 Å². The first-order valence-electron chi connectivity index (χ1n) is 5.48. The number of rotatable bonds is 3. The Kier molecular flexibility index (Phi) is 3.98. The molecule has 1 unspecified atom stereocenters. The molecule has 2 rings (SSSR count). The summed E-state index contributed by atoms with van der Waals surface area (Å²) in [6.45, 7) is 0.779. The Morgan fingerprint density at radius 1 is 1.56 bits per heavy atom. The highest BCUT2D eigenvalue weighted by molar-refractivity contribution is 9.10. The number of hydrogen-bond donors (Lipinski definition) is 1. The lowest BCUT2D eigenvalue weighted by Crippen LogP contribution is -2.48. The maximum Gasteiger partial charge on any atom is 0.306 e. The predicted octanol–water partition coefficient (Wildman–Crippen LogP) is 1.66. The largest absolute Gasteiger partial charge is 0.481 e. The Morgan fingerprint density at radius 3 is 3.00 bits per heavy atom. The molecule has 1 fully saturated rings. The molecular weight excluding hydrogens is 302 g/mol. The zero-order valence-corrected chi connectivity index (χ0v) is 11.1. The fourth-order valence-electron chi connectivity index (χ4n) is 1.85. The van der Waals surface area contributed by atoms with Gasteiger partial charge in [-0.3, -0.25) is 9.59 Å². The summed E-state index contributed by atoms with van der Waals surface area (Å²) in [5, 5.41) is 8.73. The van der Waals surface area contributed by atoms with Crippen LogP contribution in [0.1, 0.15) is 6.42 Å². The van der Waals surface area contributed by atoms with Crippen LogP contribution in [0.5, 0.6) is 0 Å². The van der Waals surface area contributed by atoms with Crippen molar-refractivity contribution in [1.82, 2.24) is 0 Å². The molecule has 1 heterocycles. The lowest BCUT2D eigenvalue weighted by atomic mass is 10.1. The third kappa shape index (κ3) is 2.88. The number of carbonyl (C=O) groups excluding carboxylic acids is 1. The Morgan fingerprint density at radius 2 is 2.33 bits per heavy atom. The number of halogens is 1. The lowest BCUT2D eigenvalue weighted by molar-refractivity contribution is -0.147. The summed E-state index contributed by atoms with van der Waals surface area (Å²) < 4.78 is 6.07. The SMILES string of the molecule is O=C(O)CC1OCCN(c2cccc(Br)c2)C1=O. The van der Waals surface area contributed by atoms with Crippen molar-refractivity contribution in [2.75, 3.05) is 18.1 Å². The second kappa shape index (κ2) is 5.49. The van der Waals surface area contributed by atoms with Crippen molar-refractivity contribution in [2.45, 2.75) is 12.5 Å². The molecule has 0 aliphatic carbocycles. The molecule has 18 heavy (non-hydrogen) atoms. The fourth-order valence-corrected chi connectivity index (χ4v) is 2.23. The average Bonchev–Trinajstić information content (AvgIpc) is 2.31. The first-order chi connectivity index (χ1) is 8.58. The van der Waals surface area contributed by atoms with Crippen LogP contribution in [0.15, 0.2) is 28.7 Å². The number of ether oxygens (including phenoxy) is 1. The van der Waals surface area contributed by atoms with Gasteiger partial charge in [0.1, 0.15) is 6.10 Å². The standard InChI is InChI=1S/C12H12BrNO4/c13-8-2-1-3-9(6-8)14-4-5-18-10(12(14)17)7-11(15)16/h1-3,6,10H,4-5,7H2,(H,15,16). The molecule has 0 spiro atoms. The second-order valence-corrected chi connectivity index (χ2v) is 4.84. The summed E-state index contributed by atoms with van der Waals surface area (Å²) in [7, 11) is 0. The number of anilines is 1. The van der Waals surface area contributed by atoms with Gasteiger partial charge in [-0.25, -0.2) is 0 Å². The number of amides is 1. The van der Waals surface area contributed by atoms with Crippen molar-refractivity contribution >= 4 is 33.5 Å². The summed E-state index contributed by atoms with van der Waals surface area (Å²) in [4.78, 5) is 24.3. The minimum absolute atomic E-state index is 0.302. The van der Waals surface area contributed by atoms with E-state index in [9.17, 15) is 9.59 Å². The van der Waals surface area contributed by atoms with Crippen molar-refractivity contribution in [2.24, 2.45) is 0 Å². The van der Waals surface area contributed by atoms with Gasteiger partial charge < -0.3 is 14.7 Å². The number of benzene rings is 1. The van der Waals surface area contributed by atoms with Gasteiger partial charge in [0.2, 0.25) is 0 Å². The van der Waals surface area contributed by atoms with Gasteiger partial charge >= 0.3 is 5.97 Å². The minimum Gasteiger partial charge on any atom is -0.481 e. The van der Waals surface area contributed by atoms with Gasteiger partial charge in [-0.1, -0.05) is 22.0 Å². The summed E-state index contributed by atoms with van der Waals surface area (Å²) in [5.41, 5.74) is 0.744. The molecule has 1 amide bonds. The van der Waals surface area contributed by atoms with Crippen LogP contribution in [0.25, 0.3) is 0 Å². The molecule has 0 bridgehead atoms. The number of carbonyl (C=O) groups is 2. The van der Waals surface area contributed by atoms with Crippen LogP contribution in [0.4, 0.5) is 5.69 Å². The molecule has 0 saturated carbocycles. The van der Waals surface area contributed by atoms with Crippen LogP contribution >= 0.6 is 15.9 Å². The summed E-state index contributed by atoms with van der Waals surface area (Å²) in [6, 6.07) is 7.32. The third-order valence-corrected chi connectivity index (χ3v) is 3.15. The zero-order valence-electron chi connectivity index (χ0n) is 9.51. The van der Waals surface area contributed by atoms with Gasteiger partial charge in [0.05, 0.1) is 13.0 Å². The minimum atomic E-state index is -1.04. The number of aliphatic carboxylic acids is 1. The molecule has 96 valence electrons. The molecule has 1 N–H and O–H groups in total. The first-order valence-corrected chi connectivity index (χ1v) is 6.27. The van der Waals surface area contributed by atoms with E-state index in [-0.39, 0.29) is 12.3 Å². The van der Waals surface area contributed by atoms with Gasteiger partial charge in [-0.05, 0) is 18.2 Å². The Hall–Kier alpha value is -1.40. The van der Waals surface area contributed by atoms with Gasteiger partial charge in [-0.2, -0.15) is 0 Å². The summed E-state index contributed by atoms with van der Waals surface area (Å²) in [6.07, 6.45) is -1.20. The van der Waals surface area contributed by atoms with E-state index >= 15 is 0 Å². The van der Waals surface area contributed by atoms with E-state index in [1.54, 1.807) is 4.90 Å². The predicted molar refractivity (Wildman–Crippen MR) is 68.5 cm³/mol. The van der Waals surface area contributed by atoms with Crippen molar-refractivity contribution in [3.05, 3.63) is 28.7 Å². The number of carboxylic acid groups (broad SMARTS) is 1. The highest BCUT2D eigenvalue weighted by atomic mass is 79.9. The van der Waals surface area contributed by atoms with E-state index in [0.717, 1.165) is 10.2 Å². The van der Waals surface area contributed by atoms with Crippen LogP contribution in [0, 0.1) is 0 Å². The molecule has 1 aliphatic rings. The van der Waals surface area contributed by atoms with Gasteiger partial charge in [0.25, 0.3) is 5.91 Å². The summed E-state index contributed by atoms with van der Waals surface area (Å²) >= 11 is 3.34.